The molecular formula is C26H28F2N6O4. The van der Waals surface area contributed by atoms with Gasteiger partial charge in [-0.1, -0.05) is 0 Å². The number of hydrogen-bond acceptors (Lipinski definition) is 8. The van der Waals surface area contributed by atoms with E-state index in [0.717, 1.165) is 10.5 Å². The van der Waals surface area contributed by atoms with E-state index >= 15 is 8.78 Å². The molecule has 3 aliphatic heterocycles. The number of carbonyl (C=O) groups is 1. The second kappa shape index (κ2) is 9.52. The lowest BCUT2D eigenvalue weighted by Crippen LogP contribution is -2.59. The summed E-state index contributed by atoms with van der Waals surface area (Å²) in [6.07, 6.45) is 0.483. The van der Waals surface area contributed by atoms with Crippen LogP contribution < -0.4 is 20.7 Å². The van der Waals surface area contributed by atoms with Gasteiger partial charge in [0.25, 0.3) is 0 Å². The number of nitrogens with one attached hydrogen (secondary N) is 1. The molecule has 1 amide bonds. The summed E-state index contributed by atoms with van der Waals surface area (Å²) in [5.41, 5.74) is 8.24. The highest BCUT2D eigenvalue weighted by molar-refractivity contribution is 5.99. The quantitative estimate of drug-likeness (QED) is 0.439. The topological polar surface area (TPSA) is 126 Å². The Hall–Kier alpha value is -3.77. The molecule has 5 heterocycles. The van der Waals surface area contributed by atoms with Gasteiger partial charge in [-0.15, -0.1) is 0 Å². The van der Waals surface area contributed by atoms with Gasteiger partial charge >= 0.3 is 6.09 Å². The van der Waals surface area contributed by atoms with Crippen LogP contribution in [0.1, 0.15) is 12.0 Å². The number of benzene rings is 1. The summed E-state index contributed by atoms with van der Waals surface area (Å²) < 4.78 is 41.6. The number of piperidine rings is 1. The zero-order valence-corrected chi connectivity index (χ0v) is 20.8. The SMILES string of the molecule is Cc1c(-c2cc3cc(N(C(=O)O)[C@@H]4CCN(C5COC5)C[C@@H]4F)ncc3c(N)c2F)cnc2c1NCCO2. The van der Waals surface area contributed by atoms with Crippen molar-refractivity contribution in [3.8, 4) is 17.0 Å². The number of nitrogens with two attached hydrogens (primary N) is 1. The second-order valence-electron chi connectivity index (χ2n) is 9.88. The van der Waals surface area contributed by atoms with Crippen LogP contribution in [0.5, 0.6) is 5.88 Å². The molecule has 2 aromatic heterocycles. The van der Waals surface area contributed by atoms with Gasteiger partial charge in [-0.3, -0.25) is 9.80 Å². The van der Waals surface area contributed by atoms with Gasteiger partial charge in [0.15, 0.2) is 5.82 Å². The van der Waals surface area contributed by atoms with Crippen LogP contribution >= 0.6 is 0 Å². The van der Waals surface area contributed by atoms with Crippen molar-refractivity contribution >= 4 is 34.1 Å². The molecule has 0 bridgehead atoms. The van der Waals surface area contributed by atoms with E-state index in [1.807, 2.05) is 11.8 Å². The number of aromatic nitrogens is 2. The van der Waals surface area contributed by atoms with Gasteiger partial charge in [-0.05, 0) is 36.4 Å². The summed E-state index contributed by atoms with van der Waals surface area (Å²) in [6.45, 7) is 4.74. The fourth-order valence-corrected chi connectivity index (χ4v) is 5.49. The minimum absolute atomic E-state index is 0.0605. The Morgan fingerprint density at radius 2 is 2.08 bits per heavy atom. The van der Waals surface area contributed by atoms with E-state index in [4.69, 9.17) is 15.2 Å². The average molecular weight is 527 g/mol. The number of nitrogen functional groups attached to an aromatic ring is 1. The third-order valence-corrected chi connectivity index (χ3v) is 7.68. The van der Waals surface area contributed by atoms with Gasteiger partial charge in [0.05, 0.1) is 31.0 Å². The first-order chi connectivity index (χ1) is 18.3. The predicted octanol–water partition coefficient (Wildman–Crippen LogP) is 3.43. The highest BCUT2D eigenvalue weighted by Crippen LogP contribution is 2.40. The number of halogens is 2. The molecule has 0 spiro atoms. The normalized spacial score (nSPS) is 21.8. The zero-order valence-electron chi connectivity index (χ0n) is 20.8. The third-order valence-electron chi connectivity index (χ3n) is 7.68. The minimum atomic E-state index is -1.40. The van der Waals surface area contributed by atoms with Crippen molar-refractivity contribution in [3.63, 3.8) is 0 Å². The van der Waals surface area contributed by atoms with Crippen LogP contribution in [-0.4, -0.2) is 83.8 Å². The van der Waals surface area contributed by atoms with Crippen LogP contribution in [0.15, 0.2) is 24.5 Å². The Balaban J connectivity index is 1.38. The monoisotopic (exact) mass is 526 g/mol. The number of amides is 1. The first-order valence-electron chi connectivity index (χ1n) is 12.6. The number of fused-ring (bicyclic) bond motifs is 2. The first-order valence-corrected chi connectivity index (χ1v) is 12.6. The molecule has 1 aromatic carbocycles. The smallest absolute Gasteiger partial charge is 0.413 e. The Morgan fingerprint density at radius 3 is 2.79 bits per heavy atom. The van der Waals surface area contributed by atoms with Crippen LogP contribution in [0.4, 0.5) is 30.8 Å². The van der Waals surface area contributed by atoms with Crippen LogP contribution in [0.3, 0.4) is 0 Å². The van der Waals surface area contributed by atoms with E-state index in [0.29, 0.717) is 67.2 Å². The molecule has 2 atom stereocenters. The molecule has 10 nitrogen and oxygen atoms in total. The highest BCUT2D eigenvalue weighted by Gasteiger charge is 2.40. The van der Waals surface area contributed by atoms with Crippen molar-refractivity contribution in [2.75, 3.05) is 55.4 Å². The number of pyridine rings is 2. The zero-order chi connectivity index (χ0) is 26.6. The van der Waals surface area contributed by atoms with Crippen molar-refractivity contribution in [3.05, 3.63) is 35.9 Å². The number of ether oxygens (including phenoxy) is 2. The van der Waals surface area contributed by atoms with E-state index in [-0.39, 0.29) is 29.7 Å². The summed E-state index contributed by atoms with van der Waals surface area (Å²) in [5, 5.41) is 14.1. The van der Waals surface area contributed by atoms with Crippen molar-refractivity contribution in [2.24, 2.45) is 0 Å². The standard InChI is InChI=1S/C26H28F2N6O4/c1-13-17(8-32-25-24(13)30-3-5-38-25)16-6-14-7-21(31-9-18(14)23(29)22(16)28)34(26(35)36)20-2-4-33(10-19(20)27)15-11-37-12-15/h6-9,15,19-20,30H,2-5,10-12,29H2,1H3,(H,35,36)/t19-,20+/m0/s1. The fourth-order valence-electron chi connectivity index (χ4n) is 5.49. The number of nitrogens with zero attached hydrogens (tertiary/aromatic N) is 4. The molecule has 200 valence electrons. The Kier molecular flexibility index (Phi) is 6.15. The lowest BCUT2D eigenvalue weighted by molar-refractivity contribution is -0.0803. The minimum Gasteiger partial charge on any atom is -0.474 e. The highest BCUT2D eigenvalue weighted by atomic mass is 19.1. The number of likely N-dealkylation sites (tertiary alicyclic amines) is 1. The molecule has 0 unspecified atom stereocenters. The maximum absolute atomic E-state index is 15.5. The summed E-state index contributed by atoms with van der Waals surface area (Å²) in [4.78, 5) is 23.9. The van der Waals surface area contributed by atoms with Gasteiger partial charge in [0.1, 0.15) is 24.3 Å². The second-order valence-corrected chi connectivity index (χ2v) is 9.88. The van der Waals surface area contributed by atoms with Crippen molar-refractivity contribution in [2.45, 2.75) is 31.6 Å². The van der Waals surface area contributed by atoms with Crippen LogP contribution in [0, 0.1) is 12.7 Å². The summed E-state index contributed by atoms with van der Waals surface area (Å²) >= 11 is 0. The molecular weight excluding hydrogens is 498 g/mol. The largest absolute Gasteiger partial charge is 0.474 e. The maximum Gasteiger partial charge on any atom is 0.413 e. The van der Waals surface area contributed by atoms with Gasteiger partial charge < -0.3 is 25.6 Å². The van der Waals surface area contributed by atoms with E-state index in [1.165, 1.54) is 18.5 Å². The molecule has 2 saturated heterocycles. The van der Waals surface area contributed by atoms with Crippen molar-refractivity contribution < 1.29 is 28.2 Å². The number of anilines is 3. The molecule has 4 N–H and O–H groups in total. The summed E-state index contributed by atoms with van der Waals surface area (Å²) in [5.74, 6) is -0.114. The molecule has 12 heteroatoms. The number of hydrogen-bond donors (Lipinski definition) is 3. The molecule has 3 aromatic rings. The fraction of sp³-hybridized carbons (Fsp3) is 0.423. The molecule has 0 aliphatic carbocycles. The van der Waals surface area contributed by atoms with Crippen LogP contribution in [0.2, 0.25) is 0 Å². The Labute approximate surface area is 217 Å². The molecule has 6 rings (SSSR count). The summed E-state index contributed by atoms with van der Waals surface area (Å²) in [7, 11) is 0. The third kappa shape index (κ3) is 4.04. The number of carboxylic acid groups (broad SMARTS) is 1. The van der Waals surface area contributed by atoms with Crippen LogP contribution in [-0.2, 0) is 4.74 Å². The van der Waals surface area contributed by atoms with E-state index in [1.54, 1.807) is 6.07 Å². The van der Waals surface area contributed by atoms with E-state index < -0.39 is 24.1 Å². The lowest BCUT2D eigenvalue weighted by atomic mass is 9.96. The van der Waals surface area contributed by atoms with Crippen molar-refractivity contribution in [1.82, 2.24) is 14.9 Å². The van der Waals surface area contributed by atoms with Gasteiger partial charge in [0, 0.05) is 48.5 Å². The molecule has 38 heavy (non-hydrogen) atoms. The lowest BCUT2D eigenvalue weighted by Gasteiger charge is -2.44. The number of rotatable bonds is 4. The first kappa shape index (κ1) is 24.6. The number of alkyl halides is 1. The van der Waals surface area contributed by atoms with Gasteiger partial charge in [0.2, 0.25) is 5.88 Å². The maximum atomic E-state index is 15.5. The molecule has 0 saturated carbocycles. The van der Waals surface area contributed by atoms with E-state index in [9.17, 15) is 9.90 Å². The van der Waals surface area contributed by atoms with E-state index in [2.05, 4.69) is 15.3 Å². The van der Waals surface area contributed by atoms with Gasteiger partial charge in [-0.25, -0.2) is 23.5 Å². The van der Waals surface area contributed by atoms with Crippen molar-refractivity contribution in [1.29, 1.82) is 0 Å². The molecule has 2 fully saturated rings. The molecule has 0 radical (unpaired) electrons. The van der Waals surface area contributed by atoms with Gasteiger partial charge in [-0.2, -0.15) is 0 Å². The predicted molar refractivity (Wildman–Crippen MR) is 138 cm³/mol. The molecule has 3 aliphatic rings. The summed E-state index contributed by atoms with van der Waals surface area (Å²) in [6, 6.07) is 2.39. The average Bonchev–Trinajstić information content (AvgIpc) is 2.87. The Bertz CT molecular complexity index is 1420. The Morgan fingerprint density at radius 1 is 1.26 bits per heavy atom. The van der Waals surface area contributed by atoms with Crippen LogP contribution in [0.25, 0.3) is 21.9 Å².